The fraction of sp³-hybridized carbons (Fsp3) is 0.667. The van der Waals surface area contributed by atoms with Gasteiger partial charge in [-0.15, -0.1) is 0 Å². The maximum Gasteiger partial charge on any atom is 0.227 e. The van der Waals surface area contributed by atoms with E-state index in [9.17, 15) is 4.79 Å². The van der Waals surface area contributed by atoms with E-state index in [1.165, 1.54) is 0 Å². The third kappa shape index (κ3) is 1.62. The van der Waals surface area contributed by atoms with E-state index in [0.29, 0.717) is 11.8 Å². The molecule has 1 aliphatic heterocycles. The van der Waals surface area contributed by atoms with Crippen LogP contribution in [0.5, 0.6) is 0 Å². The summed E-state index contributed by atoms with van der Waals surface area (Å²) in [6.07, 6.45) is 3.84. The van der Waals surface area contributed by atoms with Gasteiger partial charge in [0.25, 0.3) is 0 Å². The highest BCUT2D eigenvalue weighted by atomic mass is 16.1. The molecule has 62 valence electrons. The predicted octanol–water partition coefficient (Wildman–Crippen LogP) is 1.54. The summed E-state index contributed by atoms with van der Waals surface area (Å²) in [7, 11) is 0. The first-order chi connectivity index (χ1) is 5.13. The van der Waals surface area contributed by atoms with Gasteiger partial charge in [-0.05, 0) is 11.8 Å². The van der Waals surface area contributed by atoms with Gasteiger partial charge in [-0.3, -0.25) is 4.79 Å². The topological polar surface area (TPSA) is 29.1 Å². The zero-order chi connectivity index (χ0) is 8.43. The monoisotopic (exact) mass is 153 g/mol. The quantitative estimate of drug-likeness (QED) is 0.608. The molecular formula is C9H15NO. The summed E-state index contributed by atoms with van der Waals surface area (Å²) in [5.74, 6) is 1.22. The standard InChI is InChI=1S/C9H15NO/c1-6(2)8-4-5-10-9(11)7(8)3/h4-8H,1-3H3,(H,10,11). The van der Waals surface area contributed by atoms with Gasteiger partial charge >= 0.3 is 0 Å². The summed E-state index contributed by atoms with van der Waals surface area (Å²) in [6, 6.07) is 0. The smallest absolute Gasteiger partial charge is 0.227 e. The third-order valence-electron chi connectivity index (χ3n) is 2.30. The number of allylic oxidation sites excluding steroid dienone is 1. The number of rotatable bonds is 1. The maximum atomic E-state index is 11.1. The average Bonchev–Trinajstić information content (AvgIpc) is 1.94. The predicted molar refractivity (Wildman–Crippen MR) is 44.8 cm³/mol. The first kappa shape index (κ1) is 8.31. The fourth-order valence-electron chi connectivity index (χ4n) is 1.51. The highest BCUT2D eigenvalue weighted by Gasteiger charge is 2.26. The molecule has 0 saturated carbocycles. The molecule has 1 aliphatic rings. The Kier molecular flexibility index (Phi) is 2.32. The minimum atomic E-state index is 0.125. The van der Waals surface area contributed by atoms with Crippen molar-refractivity contribution in [3.63, 3.8) is 0 Å². The van der Waals surface area contributed by atoms with Crippen molar-refractivity contribution in [2.24, 2.45) is 17.8 Å². The van der Waals surface area contributed by atoms with Crippen LogP contribution in [0, 0.1) is 17.8 Å². The molecule has 1 rings (SSSR count). The molecule has 0 aromatic carbocycles. The average molecular weight is 153 g/mol. The van der Waals surface area contributed by atoms with E-state index in [1.54, 1.807) is 6.20 Å². The first-order valence-electron chi connectivity index (χ1n) is 4.10. The van der Waals surface area contributed by atoms with Crippen molar-refractivity contribution in [2.45, 2.75) is 20.8 Å². The van der Waals surface area contributed by atoms with E-state index in [2.05, 4.69) is 25.2 Å². The Labute approximate surface area is 67.7 Å². The molecule has 0 saturated heterocycles. The van der Waals surface area contributed by atoms with Crippen LogP contribution in [0.15, 0.2) is 12.3 Å². The molecule has 2 unspecified atom stereocenters. The van der Waals surface area contributed by atoms with Crippen molar-refractivity contribution in [1.29, 1.82) is 0 Å². The summed E-state index contributed by atoms with van der Waals surface area (Å²) in [5.41, 5.74) is 0. The van der Waals surface area contributed by atoms with Gasteiger partial charge in [0.15, 0.2) is 0 Å². The van der Waals surface area contributed by atoms with Crippen LogP contribution in [-0.2, 0) is 4.79 Å². The van der Waals surface area contributed by atoms with E-state index < -0.39 is 0 Å². The Balaban J connectivity index is 2.72. The highest BCUT2D eigenvalue weighted by Crippen LogP contribution is 2.24. The van der Waals surface area contributed by atoms with Gasteiger partial charge in [0, 0.05) is 12.1 Å². The molecule has 2 heteroatoms. The van der Waals surface area contributed by atoms with E-state index in [4.69, 9.17) is 0 Å². The molecule has 0 bridgehead atoms. The lowest BCUT2D eigenvalue weighted by Gasteiger charge is -2.26. The van der Waals surface area contributed by atoms with Crippen LogP contribution in [-0.4, -0.2) is 5.91 Å². The Hall–Kier alpha value is -0.790. The van der Waals surface area contributed by atoms with Crippen LogP contribution in [0.2, 0.25) is 0 Å². The lowest BCUT2D eigenvalue weighted by molar-refractivity contribution is -0.125. The second kappa shape index (κ2) is 3.07. The molecule has 0 radical (unpaired) electrons. The van der Waals surface area contributed by atoms with Gasteiger partial charge in [-0.2, -0.15) is 0 Å². The van der Waals surface area contributed by atoms with E-state index >= 15 is 0 Å². The van der Waals surface area contributed by atoms with Crippen molar-refractivity contribution in [1.82, 2.24) is 5.32 Å². The van der Waals surface area contributed by atoms with Gasteiger partial charge in [-0.25, -0.2) is 0 Å². The molecule has 0 aromatic rings. The lowest BCUT2D eigenvalue weighted by Crippen LogP contribution is -2.35. The van der Waals surface area contributed by atoms with Gasteiger partial charge < -0.3 is 5.32 Å². The van der Waals surface area contributed by atoms with Crippen LogP contribution in [0.4, 0.5) is 0 Å². The normalized spacial score (nSPS) is 30.7. The van der Waals surface area contributed by atoms with E-state index in [0.717, 1.165) is 0 Å². The van der Waals surface area contributed by atoms with Gasteiger partial charge in [0.05, 0.1) is 0 Å². The molecule has 0 spiro atoms. The molecule has 1 N–H and O–H groups in total. The molecule has 1 amide bonds. The fourth-order valence-corrected chi connectivity index (χ4v) is 1.51. The zero-order valence-electron chi connectivity index (χ0n) is 7.29. The molecule has 1 heterocycles. The van der Waals surface area contributed by atoms with Gasteiger partial charge in [-0.1, -0.05) is 26.8 Å². The Morgan fingerprint density at radius 2 is 2.18 bits per heavy atom. The van der Waals surface area contributed by atoms with E-state index in [1.807, 2.05) is 6.92 Å². The molecule has 0 aromatic heterocycles. The number of nitrogens with one attached hydrogen (secondary N) is 1. The van der Waals surface area contributed by atoms with Crippen LogP contribution >= 0.6 is 0 Å². The van der Waals surface area contributed by atoms with Crippen molar-refractivity contribution in [3.05, 3.63) is 12.3 Å². The largest absolute Gasteiger partial charge is 0.333 e. The second-order valence-corrected chi connectivity index (χ2v) is 3.48. The minimum Gasteiger partial charge on any atom is -0.333 e. The number of hydrogen-bond donors (Lipinski definition) is 1. The minimum absolute atomic E-state index is 0.125. The molecule has 2 atom stereocenters. The summed E-state index contributed by atoms with van der Waals surface area (Å²) in [5, 5.41) is 2.70. The Morgan fingerprint density at radius 3 is 2.64 bits per heavy atom. The first-order valence-corrected chi connectivity index (χ1v) is 4.10. The van der Waals surface area contributed by atoms with Crippen molar-refractivity contribution < 1.29 is 4.79 Å². The highest BCUT2D eigenvalue weighted by molar-refractivity contribution is 5.80. The summed E-state index contributed by atoms with van der Waals surface area (Å²) >= 11 is 0. The number of carbonyl (C=O) groups is 1. The SMILES string of the molecule is CC(C)C1C=CNC(=O)C1C. The molecule has 11 heavy (non-hydrogen) atoms. The third-order valence-corrected chi connectivity index (χ3v) is 2.30. The zero-order valence-corrected chi connectivity index (χ0v) is 7.29. The Morgan fingerprint density at radius 1 is 1.55 bits per heavy atom. The Bertz CT molecular complexity index is 184. The number of carbonyl (C=O) groups excluding carboxylic acids is 1. The maximum absolute atomic E-state index is 11.1. The van der Waals surface area contributed by atoms with Gasteiger partial charge in [0.1, 0.15) is 0 Å². The van der Waals surface area contributed by atoms with Crippen molar-refractivity contribution >= 4 is 5.91 Å². The summed E-state index contributed by atoms with van der Waals surface area (Å²) < 4.78 is 0. The van der Waals surface area contributed by atoms with Crippen LogP contribution in [0.25, 0.3) is 0 Å². The molecule has 0 fully saturated rings. The van der Waals surface area contributed by atoms with Crippen LogP contribution in [0.3, 0.4) is 0 Å². The lowest BCUT2D eigenvalue weighted by atomic mass is 9.82. The summed E-state index contributed by atoms with van der Waals surface area (Å²) in [4.78, 5) is 11.1. The van der Waals surface area contributed by atoms with Crippen molar-refractivity contribution in [3.8, 4) is 0 Å². The summed E-state index contributed by atoms with van der Waals surface area (Å²) in [6.45, 7) is 6.26. The molecular weight excluding hydrogens is 138 g/mol. The van der Waals surface area contributed by atoms with Crippen LogP contribution < -0.4 is 5.32 Å². The number of amides is 1. The molecule has 2 nitrogen and oxygen atoms in total. The van der Waals surface area contributed by atoms with Gasteiger partial charge in [0.2, 0.25) is 5.91 Å². The van der Waals surface area contributed by atoms with Crippen LogP contribution in [0.1, 0.15) is 20.8 Å². The molecule has 0 aliphatic carbocycles. The second-order valence-electron chi connectivity index (χ2n) is 3.48. The van der Waals surface area contributed by atoms with Crippen molar-refractivity contribution in [2.75, 3.05) is 0 Å². The van der Waals surface area contributed by atoms with E-state index in [-0.39, 0.29) is 11.8 Å². The number of hydrogen-bond acceptors (Lipinski definition) is 1.